The Morgan fingerprint density at radius 2 is 2.00 bits per heavy atom. The molecule has 0 spiro atoms. The smallest absolute Gasteiger partial charge is 0.313 e. The fourth-order valence-corrected chi connectivity index (χ4v) is 5.24. The Morgan fingerprint density at radius 1 is 1.20 bits per heavy atom. The van der Waals surface area contributed by atoms with Crippen LogP contribution >= 0.6 is 0 Å². The van der Waals surface area contributed by atoms with Crippen LogP contribution in [0, 0.1) is 5.92 Å². The zero-order chi connectivity index (χ0) is 17.4. The Kier molecular flexibility index (Phi) is 4.30. The molecule has 134 valence electrons. The predicted octanol–water partition coefficient (Wildman–Crippen LogP) is 3.95. The normalized spacial score (nSPS) is 29.6. The standard InChI is InChI=1S/C21H26O4/c1-24-18-9-8-14-6-7-15(19(14)11-18)12-21(16-4-2-3-5-16)13-17(22)10-20(23)25-21/h8-9,11,15-16H,2-7,10,12-13H2,1H3/t15-,21?/m0/s1. The lowest BCUT2D eigenvalue weighted by Crippen LogP contribution is -2.48. The molecule has 3 aliphatic rings. The van der Waals surface area contributed by atoms with Gasteiger partial charge in [-0.05, 0) is 67.2 Å². The van der Waals surface area contributed by atoms with E-state index in [4.69, 9.17) is 9.47 Å². The minimum absolute atomic E-state index is 0.0482. The van der Waals surface area contributed by atoms with Gasteiger partial charge in [0.15, 0.2) is 0 Å². The highest BCUT2D eigenvalue weighted by Crippen LogP contribution is 2.49. The van der Waals surface area contributed by atoms with Crippen LogP contribution in [0.1, 0.15) is 68.4 Å². The van der Waals surface area contributed by atoms with Gasteiger partial charge in [0.25, 0.3) is 0 Å². The number of benzene rings is 1. The van der Waals surface area contributed by atoms with Crippen molar-refractivity contribution >= 4 is 11.8 Å². The van der Waals surface area contributed by atoms with Crippen molar-refractivity contribution in [3.05, 3.63) is 29.3 Å². The van der Waals surface area contributed by atoms with E-state index in [2.05, 4.69) is 12.1 Å². The van der Waals surface area contributed by atoms with Crippen molar-refractivity contribution in [1.82, 2.24) is 0 Å². The van der Waals surface area contributed by atoms with Gasteiger partial charge in [-0.1, -0.05) is 18.9 Å². The molecule has 1 saturated heterocycles. The summed E-state index contributed by atoms with van der Waals surface area (Å²) in [5, 5.41) is 0. The fraction of sp³-hybridized carbons (Fsp3) is 0.619. The number of esters is 1. The summed E-state index contributed by atoms with van der Waals surface area (Å²) in [6.45, 7) is 0. The molecule has 0 bridgehead atoms. The van der Waals surface area contributed by atoms with Crippen LogP contribution in [-0.4, -0.2) is 24.5 Å². The van der Waals surface area contributed by atoms with E-state index in [1.807, 2.05) is 6.07 Å². The minimum atomic E-state index is -0.585. The van der Waals surface area contributed by atoms with Gasteiger partial charge in [0.1, 0.15) is 23.6 Å². The van der Waals surface area contributed by atoms with E-state index in [1.54, 1.807) is 7.11 Å². The Morgan fingerprint density at radius 3 is 2.72 bits per heavy atom. The maximum absolute atomic E-state index is 12.2. The number of Topliss-reactive ketones (excluding diaryl/α,β-unsaturated/α-hetero) is 1. The molecule has 1 aliphatic heterocycles. The summed E-state index contributed by atoms with van der Waals surface area (Å²) in [5.41, 5.74) is 2.09. The summed E-state index contributed by atoms with van der Waals surface area (Å²) in [7, 11) is 1.69. The van der Waals surface area contributed by atoms with Gasteiger partial charge in [-0.2, -0.15) is 0 Å². The number of ether oxygens (including phenoxy) is 2. The van der Waals surface area contributed by atoms with Crippen LogP contribution in [0.4, 0.5) is 0 Å². The number of cyclic esters (lactones) is 1. The molecule has 2 atom stereocenters. The maximum Gasteiger partial charge on any atom is 0.313 e. The van der Waals surface area contributed by atoms with E-state index in [0.29, 0.717) is 18.3 Å². The van der Waals surface area contributed by atoms with Crippen LogP contribution in [0.15, 0.2) is 18.2 Å². The topological polar surface area (TPSA) is 52.6 Å². The first-order chi connectivity index (χ1) is 12.1. The molecule has 1 aromatic rings. The molecule has 4 heteroatoms. The van der Waals surface area contributed by atoms with Crippen molar-refractivity contribution in [3.63, 3.8) is 0 Å². The monoisotopic (exact) mass is 342 g/mol. The Bertz CT molecular complexity index is 671. The lowest BCUT2D eigenvalue weighted by Gasteiger charge is -2.42. The first-order valence-electron chi connectivity index (χ1n) is 9.50. The highest BCUT2D eigenvalue weighted by atomic mass is 16.6. The first-order valence-corrected chi connectivity index (χ1v) is 9.50. The van der Waals surface area contributed by atoms with Crippen molar-refractivity contribution in [2.24, 2.45) is 5.92 Å². The number of hydrogen-bond acceptors (Lipinski definition) is 4. The quantitative estimate of drug-likeness (QED) is 0.614. The van der Waals surface area contributed by atoms with Crippen molar-refractivity contribution in [2.45, 2.75) is 69.3 Å². The molecule has 1 unspecified atom stereocenters. The third-order valence-corrected chi connectivity index (χ3v) is 6.40. The molecule has 0 amide bonds. The minimum Gasteiger partial charge on any atom is -0.497 e. The summed E-state index contributed by atoms with van der Waals surface area (Å²) < 4.78 is 11.4. The average molecular weight is 342 g/mol. The zero-order valence-electron chi connectivity index (χ0n) is 14.9. The number of hydrogen-bond donors (Lipinski definition) is 0. The molecule has 4 nitrogen and oxygen atoms in total. The van der Waals surface area contributed by atoms with E-state index in [1.165, 1.54) is 24.0 Å². The second-order valence-electron chi connectivity index (χ2n) is 7.92. The zero-order valence-corrected chi connectivity index (χ0v) is 14.9. The van der Waals surface area contributed by atoms with Crippen LogP contribution in [0.5, 0.6) is 5.75 Å². The van der Waals surface area contributed by atoms with Crippen LogP contribution in [-0.2, 0) is 20.7 Å². The third-order valence-electron chi connectivity index (χ3n) is 6.40. The molecule has 1 aromatic carbocycles. The maximum atomic E-state index is 12.2. The summed E-state index contributed by atoms with van der Waals surface area (Å²) in [6.07, 6.45) is 7.71. The summed E-state index contributed by atoms with van der Waals surface area (Å²) >= 11 is 0. The van der Waals surface area contributed by atoms with Gasteiger partial charge in [-0.15, -0.1) is 0 Å². The number of methoxy groups -OCH3 is 1. The van der Waals surface area contributed by atoms with Crippen molar-refractivity contribution in [2.75, 3.05) is 7.11 Å². The van der Waals surface area contributed by atoms with Gasteiger partial charge in [0.2, 0.25) is 0 Å². The number of aryl methyl sites for hydroxylation is 1. The van der Waals surface area contributed by atoms with E-state index >= 15 is 0 Å². The van der Waals surface area contributed by atoms with Crippen LogP contribution in [0.2, 0.25) is 0 Å². The molecule has 1 saturated carbocycles. The van der Waals surface area contributed by atoms with Crippen molar-refractivity contribution in [1.29, 1.82) is 0 Å². The van der Waals surface area contributed by atoms with Gasteiger partial charge in [0, 0.05) is 6.42 Å². The molecular weight excluding hydrogens is 316 g/mol. The second-order valence-corrected chi connectivity index (χ2v) is 7.92. The van der Waals surface area contributed by atoms with Gasteiger partial charge in [0.05, 0.1) is 7.11 Å². The van der Waals surface area contributed by atoms with Crippen molar-refractivity contribution in [3.8, 4) is 5.75 Å². The summed E-state index contributed by atoms with van der Waals surface area (Å²) in [4.78, 5) is 24.3. The molecule has 0 N–H and O–H groups in total. The Labute approximate surface area is 148 Å². The van der Waals surface area contributed by atoms with E-state index in [9.17, 15) is 9.59 Å². The first kappa shape index (κ1) is 16.6. The molecule has 1 heterocycles. The number of fused-ring (bicyclic) bond motifs is 1. The fourth-order valence-electron chi connectivity index (χ4n) is 5.24. The largest absolute Gasteiger partial charge is 0.497 e. The number of ketones is 1. The molecule has 4 rings (SSSR count). The molecule has 0 aromatic heterocycles. The average Bonchev–Trinajstić information content (AvgIpc) is 3.24. The summed E-state index contributed by atoms with van der Waals surface area (Å²) in [6, 6.07) is 6.29. The third kappa shape index (κ3) is 3.07. The van der Waals surface area contributed by atoms with Gasteiger partial charge in [-0.25, -0.2) is 0 Å². The van der Waals surface area contributed by atoms with E-state index in [-0.39, 0.29) is 18.2 Å². The highest BCUT2D eigenvalue weighted by Gasteiger charge is 2.49. The summed E-state index contributed by atoms with van der Waals surface area (Å²) in [5.74, 6) is 1.26. The van der Waals surface area contributed by atoms with Crippen LogP contribution in [0.3, 0.4) is 0 Å². The van der Waals surface area contributed by atoms with E-state index in [0.717, 1.165) is 37.9 Å². The second kappa shape index (κ2) is 6.47. The molecule has 25 heavy (non-hydrogen) atoms. The highest BCUT2D eigenvalue weighted by molar-refractivity contribution is 5.98. The SMILES string of the molecule is COc1ccc2c(c1)[C@H](CC1(C3CCCC3)CC(=O)CC(=O)O1)CC2. The van der Waals surface area contributed by atoms with Crippen LogP contribution < -0.4 is 4.74 Å². The van der Waals surface area contributed by atoms with Crippen molar-refractivity contribution < 1.29 is 19.1 Å². The van der Waals surface area contributed by atoms with E-state index < -0.39 is 5.60 Å². The Balaban J connectivity index is 1.64. The van der Waals surface area contributed by atoms with Gasteiger partial charge in [-0.3, -0.25) is 9.59 Å². The van der Waals surface area contributed by atoms with Gasteiger partial charge >= 0.3 is 5.97 Å². The molecule has 2 fully saturated rings. The lowest BCUT2D eigenvalue weighted by molar-refractivity contribution is -0.179. The Hall–Kier alpha value is -1.84. The number of rotatable bonds is 4. The molecular formula is C21H26O4. The van der Waals surface area contributed by atoms with Gasteiger partial charge < -0.3 is 9.47 Å². The molecule has 0 radical (unpaired) electrons. The number of carbonyl (C=O) groups is 2. The predicted molar refractivity (Wildman–Crippen MR) is 93.7 cm³/mol. The lowest BCUT2D eigenvalue weighted by atomic mass is 9.73. The molecule has 2 aliphatic carbocycles. The number of carbonyl (C=O) groups excluding carboxylic acids is 2. The van der Waals surface area contributed by atoms with Crippen LogP contribution in [0.25, 0.3) is 0 Å².